The summed E-state index contributed by atoms with van der Waals surface area (Å²) in [5.74, 6) is 1.69. The van der Waals surface area contributed by atoms with Crippen LogP contribution in [0.25, 0.3) is 0 Å². The van der Waals surface area contributed by atoms with Crippen molar-refractivity contribution in [1.29, 1.82) is 0 Å². The molecule has 124 valence electrons. The van der Waals surface area contributed by atoms with Crippen molar-refractivity contribution < 1.29 is 9.53 Å². The molecule has 4 rings (SSSR count). The maximum atomic E-state index is 12.4. The predicted molar refractivity (Wildman–Crippen MR) is 89.2 cm³/mol. The molecule has 4 nitrogen and oxygen atoms in total. The lowest BCUT2D eigenvalue weighted by Gasteiger charge is -2.26. The van der Waals surface area contributed by atoms with E-state index in [0.717, 1.165) is 50.2 Å². The second kappa shape index (κ2) is 6.62. The van der Waals surface area contributed by atoms with Crippen molar-refractivity contribution in [1.82, 2.24) is 10.2 Å². The Balaban J connectivity index is 1.33. The van der Waals surface area contributed by atoms with Gasteiger partial charge in [-0.1, -0.05) is 18.6 Å². The third-order valence-electron chi connectivity index (χ3n) is 5.78. The lowest BCUT2D eigenvalue weighted by atomic mass is 9.95. The number of amides is 1. The number of fused-ring (bicyclic) bond motifs is 2. The van der Waals surface area contributed by atoms with Gasteiger partial charge in [0.15, 0.2) is 0 Å². The van der Waals surface area contributed by atoms with Crippen LogP contribution in [0.2, 0.25) is 0 Å². The third kappa shape index (κ3) is 3.43. The second-order valence-corrected chi connectivity index (χ2v) is 7.34. The van der Waals surface area contributed by atoms with E-state index in [0.29, 0.717) is 6.04 Å². The Bertz CT molecular complexity index is 551. The van der Waals surface area contributed by atoms with Gasteiger partial charge < -0.3 is 10.1 Å². The number of hydrogen-bond donors (Lipinski definition) is 1. The normalized spacial score (nSPS) is 30.5. The van der Waals surface area contributed by atoms with Gasteiger partial charge in [0.1, 0.15) is 0 Å². The monoisotopic (exact) mass is 314 g/mol. The van der Waals surface area contributed by atoms with Gasteiger partial charge in [-0.2, -0.15) is 0 Å². The van der Waals surface area contributed by atoms with Gasteiger partial charge in [-0.15, -0.1) is 0 Å². The van der Waals surface area contributed by atoms with E-state index in [9.17, 15) is 4.79 Å². The Morgan fingerprint density at radius 1 is 1.13 bits per heavy atom. The van der Waals surface area contributed by atoms with Gasteiger partial charge in [-0.3, -0.25) is 9.69 Å². The number of benzene rings is 1. The smallest absolute Gasteiger partial charge is 0.251 e. The van der Waals surface area contributed by atoms with E-state index in [-0.39, 0.29) is 5.91 Å². The first-order valence-corrected chi connectivity index (χ1v) is 8.98. The van der Waals surface area contributed by atoms with Gasteiger partial charge in [-0.05, 0) is 48.8 Å². The van der Waals surface area contributed by atoms with E-state index >= 15 is 0 Å². The van der Waals surface area contributed by atoms with Gasteiger partial charge >= 0.3 is 0 Å². The lowest BCUT2D eigenvalue weighted by molar-refractivity contribution is 0.0342. The summed E-state index contributed by atoms with van der Waals surface area (Å²) >= 11 is 0. The number of carbonyl (C=O) groups is 1. The average Bonchev–Trinajstić information content (AvgIpc) is 3.19. The molecule has 1 N–H and O–H groups in total. The molecule has 0 spiro atoms. The van der Waals surface area contributed by atoms with Crippen molar-refractivity contribution in [2.75, 3.05) is 26.3 Å². The molecule has 1 aromatic carbocycles. The molecule has 0 radical (unpaired) electrons. The highest BCUT2D eigenvalue weighted by Crippen LogP contribution is 2.44. The van der Waals surface area contributed by atoms with E-state index in [4.69, 9.17) is 4.74 Å². The quantitative estimate of drug-likeness (QED) is 0.928. The molecule has 3 aliphatic rings. The highest BCUT2D eigenvalue weighted by molar-refractivity contribution is 5.94. The summed E-state index contributed by atoms with van der Waals surface area (Å²) in [5, 5.41) is 3.26. The van der Waals surface area contributed by atoms with E-state index < -0.39 is 0 Å². The molecular formula is C19H26N2O2. The van der Waals surface area contributed by atoms with Gasteiger partial charge in [-0.25, -0.2) is 0 Å². The van der Waals surface area contributed by atoms with Crippen LogP contribution in [0.4, 0.5) is 0 Å². The Hall–Kier alpha value is -1.39. The van der Waals surface area contributed by atoms with Gasteiger partial charge in [0.25, 0.3) is 5.91 Å². The highest BCUT2D eigenvalue weighted by Gasteiger charge is 2.40. The fraction of sp³-hybridized carbons (Fsp3) is 0.632. The number of morpholine rings is 1. The van der Waals surface area contributed by atoms with E-state index in [2.05, 4.69) is 22.3 Å². The molecule has 3 atom stereocenters. The van der Waals surface area contributed by atoms with Crippen LogP contribution in [-0.4, -0.2) is 43.2 Å². The third-order valence-corrected chi connectivity index (χ3v) is 5.78. The minimum Gasteiger partial charge on any atom is -0.379 e. The van der Waals surface area contributed by atoms with Crippen LogP contribution in [0.5, 0.6) is 0 Å². The zero-order chi connectivity index (χ0) is 15.6. The molecule has 1 aromatic rings. The van der Waals surface area contributed by atoms with Crippen LogP contribution in [0.1, 0.15) is 41.6 Å². The Labute approximate surface area is 138 Å². The second-order valence-electron chi connectivity index (χ2n) is 7.34. The molecule has 4 heteroatoms. The van der Waals surface area contributed by atoms with Crippen LogP contribution in [-0.2, 0) is 11.3 Å². The first-order valence-electron chi connectivity index (χ1n) is 8.98. The van der Waals surface area contributed by atoms with Crippen LogP contribution < -0.4 is 5.32 Å². The maximum Gasteiger partial charge on any atom is 0.251 e. The number of nitrogens with zero attached hydrogens (tertiary/aromatic N) is 1. The zero-order valence-corrected chi connectivity index (χ0v) is 13.7. The Kier molecular flexibility index (Phi) is 4.36. The minimum absolute atomic E-state index is 0.0977. The first kappa shape index (κ1) is 15.2. The summed E-state index contributed by atoms with van der Waals surface area (Å²) in [6, 6.07) is 8.53. The van der Waals surface area contributed by atoms with E-state index in [1.54, 1.807) is 0 Å². The van der Waals surface area contributed by atoms with Crippen LogP contribution in [0.3, 0.4) is 0 Å². The van der Waals surface area contributed by atoms with Gasteiger partial charge in [0.05, 0.1) is 13.2 Å². The summed E-state index contributed by atoms with van der Waals surface area (Å²) in [5.41, 5.74) is 2.06. The van der Waals surface area contributed by atoms with Crippen molar-refractivity contribution >= 4 is 5.91 Å². The van der Waals surface area contributed by atoms with Crippen molar-refractivity contribution in [2.24, 2.45) is 11.8 Å². The first-order chi connectivity index (χ1) is 11.3. The van der Waals surface area contributed by atoms with Gasteiger partial charge in [0, 0.05) is 31.2 Å². The summed E-state index contributed by atoms with van der Waals surface area (Å²) in [6.07, 6.45) is 5.18. The van der Waals surface area contributed by atoms with Crippen LogP contribution in [0.15, 0.2) is 24.3 Å². The molecular weight excluding hydrogens is 288 g/mol. The largest absolute Gasteiger partial charge is 0.379 e. The van der Waals surface area contributed by atoms with Gasteiger partial charge in [0.2, 0.25) is 0 Å². The maximum absolute atomic E-state index is 12.4. The number of rotatable bonds is 4. The van der Waals surface area contributed by atoms with Crippen LogP contribution in [0, 0.1) is 11.8 Å². The molecule has 1 saturated heterocycles. The SMILES string of the molecule is O=C(N[C@H]1C[C@H]2CC[C@@H]1C2)c1ccc(CN2CCOCC2)cc1. The lowest BCUT2D eigenvalue weighted by Crippen LogP contribution is -2.38. The van der Waals surface area contributed by atoms with Crippen molar-refractivity contribution in [3.63, 3.8) is 0 Å². The molecule has 0 unspecified atom stereocenters. The molecule has 1 amide bonds. The Morgan fingerprint density at radius 3 is 2.57 bits per heavy atom. The van der Waals surface area contributed by atoms with Crippen molar-refractivity contribution in [3.8, 4) is 0 Å². The highest BCUT2D eigenvalue weighted by atomic mass is 16.5. The van der Waals surface area contributed by atoms with Crippen molar-refractivity contribution in [3.05, 3.63) is 35.4 Å². The predicted octanol–water partition coefficient (Wildman–Crippen LogP) is 2.44. The van der Waals surface area contributed by atoms with E-state index in [1.165, 1.54) is 31.2 Å². The number of hydrogen-bond acceptors (Lipinski definition) is 3. The van der Waals surface area contributed by atoms with Crippen LogP contribution >= 0.6 is 0 Å². The molecule has 0 aromatic heterocycles. The topological polar surface area (TPSA) is 41.6 Å². The standard InChI is InChI=1S/C19H26N2O2/c22-19(20-18-12-15-3-6-17(18)11-15)16-4-1-14(2-5-16)13-21-7-9-23-10-8-21/h1-2,4-5,15,17-18H,3,6-13H2,(H,20,22)/t15-,17+,18-/m0/s1. The summed E-state index contributed by atoms with van der Waals surface area (Å²) in [6.45, 7) is 4.57. The molecule has 2 bridgehead atoms. The number of ether oxygens (including phenoxy) is 1. The summed E-state index contributed by atoms with van der Waals surface area (Å²) < 4.78 is 5.38. The fourth-order valence-corrected chi connectivity index (χ4v) is 4.45. The Morgan fingerprint density at radius 2 is 1.91 bits per heavy atom. The molecule has 1 heterocycles. The molecule has 2 saturated carbocycles. The number of nitrogens with one attached hydrogen (secondary N) is 1. The summed E-state index contributed by atoms with van der Waals surface area (Å²) in [7, 11) is 0. The molecule has 3 fully saturated rings. The summed E-state index contributed by atoms with van der Waals surface area (Å²) in [4.78, 5) is 14.8. The molecule has 1 aliphatic heterocycles. The molecule has 23 heavy (non-hydrogen) atoms. The zero-order valence-electron chi connectivity index (χ0n) is 13.7. The fourth-order valence-electron chi connectivity index (χ4n) is 4.45. The number of carbonyl (C=O) groups excluding carboxylic acids is 1. The van der Waals surface area contributed by atoms with Crippen molar-refractivity contribution in [2.45, 2.75) is 38.3 Å². The minimum atomic E-state index is 0.0977. The van der Waals surface area contributed by atoms with E-state index in [1.807, 2.05) is 12.1 Å². The molecule has 2 aliphatic carbocycles. The average molecular weight is 314 g/mol.